The van der Waals surface area contributed by atoms with E-state index in [4.69, 9.17) is 0 Å². The first-order valence-corrected chi connectivity index (χ1v) is 9.64. The van der Waals surface area contributed by atoms with Gasteiger partial charge in [-0.3, -0.25) is 9.59 Å². The number of hydrogen-bond donors (Lipinski definition) is 3. The number of benzene rings is 2. The molecule has 2 aromatic carbocycles. The Balaban J connectivity index is 1.78. The Hall–Kier alpha value is -3.20. The van der Waals surface area contributed by atoms with Gasteiger partial charge in [-0.05, 0) is 61.8 Å². The van der Waals surface area contributed by atoms with Gasteiger partial charge < -0.3 is 16.0 Å². The van der Waals surface area contributed by atoms with Crippen molar-refractivity contribution in [3.8, 4) is 0 Å². The van der Waals surface area contributed by atoms with Gasteiger partial charge in [-0.2, -0.15) is 13.2 Å². The molecular formula is C22H21F4N3O2. The van der Waals surface area contributed by atoms with E-state index in [1.165, 1.54) is 54.6 Å². The highest BCUT2D eigenvalue weighted by Crippen LogP contribution is 2.35. The molecule has 1 saturated heterocycles. The molecule has 0 atom stereocenters. The van der Waals surface area contributed by atoms with Crippen LogP contribution in [0.15, 0.2) is 54.6 Å². The zero-order valence-electron chi connectivity index (χ0n) is 16.4. The van der Waals surface area contributed by atoms with Crippen LogP contribution >= 0.6 is 0 Å². The van der Waals surface area contributed by atoms with Gasteiger partial charge in [0.2, 0.25) is 11.8 Å². The fourth-order valence-corrected chi connectivity index (χ4v) is 3.37. The molecule has 31 heavy (non-hydrogen) atoms. The molecule has 0 aliphatic carbocycles. The van der Waals surface area contributed by atoms with E-state index in [0.717, 1.165) is 6.07 Å². The summed E-state index contributed by atoms with van der Waals surface area (Å²) in [5.74, 6) is -1.70. The molecule has 2 amide bonds. The standard InChI is InChI=1S/C22H21F4N3O2/c23-16-8-5-15(6-9-16)7-10-19(30)29-21(11-13-27-14-12-21)20(31)28-18-4-2-1-3-17(18)22(24,25)26/h1-10,27H,11-14H2,(H,28,31)(H,29,30)/b10-7+. The third-order valence-electron chi connectivity index (χ3n) is 5.03. The number of alkyl halides is 3. The van der Waals surface area contributed by atoms with Gasteiger partial charge in [-0.1, -0.05) is 24.3 Å². The lowest BCUT2D eigenvalue weighted by molar-refractivity contribution is -0.137. The summed E-state index contributed by atoms with van der Waals surface area (Å²) in [6, 6.07) is 10.2. The van der Waals surface area contributed by atoms with E-state index in [0.29, 0.717) is 18.7 Å². The maximum Gasteiger partial charge on any atom is 0.418 e. The van der Waals surface area contributed by atoms with E-state index in [1.54, 1.807) is 0 Å². The number of nitrogens with one attached hydrogen (secondary N) is 3. The van der Waals surface area contributed by atoms with Crippen LogP contribution in [-0.4, -0.2) is 30.4 Å². The lowest BCUT2D eigenvalue weighted by Crippen LogP contribution is -2.61. The van der Waals surface area contributed by atoms with E-state index in [1.807, 2.05) is 0 Å². The molecule has 3 N–H and O–H groups in total. The normalized spacial score (nSPS) is 16.1. The summed E-state index contributed by atoms with van der Waals surface area (Å²) in [6.45, 7) is 0.826. The SMILES string of the molecule is O=C(/C=C/c1ccc(F)cc1)NC1(C(=O)Nc2ccccc2C(F)(F)F)CCNCC1. The maximum absolute atomic E-state index is 13.3. The van der Waals surface area contributed by atoms with Gasteiger partial charge in [-0.25, -0.2) is 4.39 Å². The van der Waals surface area contributed by atoms with Crippen LogP contribution in [0.4, 0.5) is 23.2 Å². The molecule has 164 valence electrons. The molecule has 0 saturated carbocycles. The Bertz CT molecular complexity index is 965. The Labute approximate surface area is 176 Å². The highest BCUT2D eigenvalue weighted by atomic mass is 19.4. The first kappa shape index (κ1) is 22.5. The number of hydrogen-bond acceptors (Lipinski definition) is 3. The topological polar surface area (TPSA) is 70.2 Å². The molecule has 1 heterocycles. The van der Waals surface area contributed by atoms with E-state index in [-0.39, 0.29) is 18.5 Å². The molecule has 1 fully saturated rings. The van der Waals surface area contributed by atoms with E-state index < -0.39 is 34.9 Å². The summed E-state index contributed by atoms with van der Waals surface area (Å²) in [7, 11) is 0. The number of para-hydroxylation sites is 1. The van der Waals surface area contributed by atoms with Crippen molar-refractivity contribution in [1.29, 1.82) is 0 Å². The summed E-state index contributed by atoms with van der Waals surface area (Å²) in [4.78, 5) is 25.5. The summed E-state index contributed by atoms with van der Waals surface area (Å²) in [6.07, 6.45) is -1.55. The second-order valence-electron chi connectivity index (χ2n) is 7.20. The van der Waals surface area contributed by atoms with Crippen LogP contribution in [0, 0.1) is 5.82 Å². The molecule has 1 aliphatic heterocycles. The fraction of sp³-hybridized carbons (Fsp3) is 0.273. The fourth-order valence-electron chi connectivity index (χ4n) is 3.37. The number of carbonyl (C=O) groups excluding carboxylic acids is 2. The van der Waals surface area contributed by atoms with E-state index in [2.05, 4.69) is 16.0 Å². The smallest absolute Gasteiger partial charge is 0.338 e. The number of piperidine rings is 1. The van der Waals surface area contributed by atoms with Crippen molar-refractivity contribution >= 4 is 23.6 Å². The lowest BCUT2D eigenvalue weighted by atomic mass is 9.86. The van der Waals surface area contributed by atoms with Gasteiger partial charge in [0.25, 0.3) is 0 Å². The third kappa shape index (κ3) is 5.69. The maximum atomic E-state index is 13.3. The van der Waals surface area contributed by atoms with Crippen LogP contribution in [0.2, 0.25) is 0 Å². The van der Waals surface area contributed by atoms with Crippen LogP contribution in [0.1, 0.15) is 24.0 Å². The molecule has 0 unspecified atom stereocenters. The van der Waals surface area contributed by atoms with Crippen molar-refractivity contribution in [2.24, 2.45) is 0 Å². The lowest BCUT2D eigenvalue weighted by Gasteiger charge is -2.36. The van der Waals surface area contributed by atoms with Gasteiger partial charge in [0.05, 0.1) is 11.3 Å². The highest BCUT2D eigenvalue weighted by molar-refractivity contribution is 6.03. The molecule has 1 aliphatic rings. The van der Waals surface area contributed by atoms with Crippen LogP contribution in [-0.2, 0) is 15.8 Å². The zero-order chi connectivity index (χ0) is 22.5. The van der Waals surface area contributed by atoms with Gasteiger partial charge >= 0.3 is 6.18 Å². The molecule has 5 nitrogen and oxygen atoms in total. The van der Waals surface area contributed by atoms with Crippen LogP contribution < -0.4 is 16.0 Å². The monoisotopic (exact) mass is 435 g/mol. The molecule has 9 heteroatoms. The Morgan fingerprint density at radius 2 is 1.65 bits per heavy atom. The van der Waals surface area contributed by atoms with Gasteiger partial charge in [0, 0.05) is 6.08 Å². The van der Waals surface area contributed by atoms with Crippen molar-refractivity contribution in [2.75, 3.05) is 18.4 Å². The van der Waals surface area contributed by atoms with Crippen molar-refractivity contribution in [3.05, 3.63) is 71.6 Å². The van der Waals surface area contributed by atoms with Crippen molar-refractivity contribution in [2.45, 2.75) is 24.6 Å². The molecule has 3 rings (SSSR count). The minimum Gasteiger partial charge on any atom is -0.338 e. The second-order valence-corrected chi connectivity index (χ2v) is 7.20. The summed E-state index contributed by atoms with van der Waals surface area (Å²) in [5, 5.41) is 8.07. The van der Waals surface area contributed by atoms with Crippen molar-refractivity contribution in [3.63, 3.8) is 0 Å². The van der Waals surface area contributed by atoms with Crippen LogP contribution in [0.5, 0.6) is 0 Å². The number of amides is 2. The van der Waals surface area contributed by atoms with Gasteiger partial charge in [-0.15, -0.1) is 0 Å². The number of carbonyl (C=O) groups is 2. The molecule has 0 aromatic heterocycles. The highest BCUT2D eigenvalue weighted by Gasteiger charge is 2.42. The first-order chi connectivity index (χ1) is 14.7. The number of anilines is 1. The Kier molecular flexibility index (Phi) is 6.74. The Morgan fingerprint density at radius 3 is 2.29 bits per heavy atom. The van der Waals surface area contributed by atoms with Gasteiger partial charge in [0.1, 0.15) is 11.4 Å². The minimum atomic E-state index is -4.63. The average molecular weight is 435 g/mol. The predicted molar refractivity (Wildman–Crippen MR) is 108 cm³/mol. The molecular weight excluding hydrogens is 414 g/mol. The number of rotatable bonds is 5. The first-order valence-electron chi connectivity index (χ1n) is 9.64. The largest absolute Gasteiger partial charge is 0.418 e. The third-order valence-corrected chi connectivity index (χ3v) is 5.03. The molecule has 0 spiro atoms. The van der Waals surface area contributed by atoms with Gasteiger partial charge in [0.15, 0.2) is 0 Å². The van der Waals surface area contributed by atoms with Crippen molar-refractivity contribution in [1.82, 2.24) is 10.6 Å². The van der Waals surface area contributed by atoms with Crippen molar-refractivity contribution < 1.29 is 27.2 Å². The average Bonchev–Trinajstić information content (AvgIpc) is 2.73. The molecule has 0 radical (unpaired) electrons. The zero-order valence-corrected chi connectivity index (χ0v) is 16.4. The van der Waals surface area contributed by atoms with E-state index in [9.17, 15) is 27.2 Å². The second kappa shape index (κ2) is 9.30. The summed E-state index contributed by atoms with van der Waals surface area (Å²) < 4.78 is 52.8. The predicted octanol–water partition coefficient (Wildman–Crippen LogP) is 3.73. The van der Waals surface area contributed by atoms with Crippen LogP contribution in [0.3, 0.4) is 0 Å². The minimum absolute atomic E-state index is 0.211. The quantitative estimate of drug-likeness (QED) is 0.495. The van der Waals surface area contributed by atoms with Crippen LogP contribution in [0.25, 0.3) is 6.08 Å². The van der Waals surface area contributed by atoms with E-state index >= 15 is 0 Å². The Morgan fingerprint density at radius 1 is 1.00 bits per heavy atom. The molecule has 0 bridgehead atoms. The molecule has 2 aromatic rings. The summed E-state index contributed by atoms with van der Waals surface area (Å²) in [5.41, 5.74) is -2.11. The summed E-state index contributed by atoms with van der Waals surface area (Å²) >= 11 is 0. The number of halogens is 4.